The minimum absolute atomic E-state index is 0.0743. The van der Waals surface area contributed by atoms with Crippen LogP contribution in [0.2, 0.25) is 0 Å². The van der Waals surface area contributed by atoms with Crippen molar-refractivity contribution in [2.45, 2.75) is 19.3 Å². The molecule has 1 aliphatic carbocycles. The maximum absolute atomic E-state index is 6.49. The monoisotopic (exact) mass is 424 g/mol. The van der Waals surface area contributed by atoms with Gasteiger partial charge in [0.25, 0.3) is 0 Å². The molecule has 1 aromatic heterocycles. The SMILES string of the molecule is Bc1cc2c(c3oc4ccccc4c13)-c1c(cc(Br)c3ccccc13)C2(C)C. The third-order valence-electron chi connectivity index (χ3n) is 6.44. The summed E-state index contributed by atoms with van der Waals surface area (Å²) >= 11 is 3.82. The van der Waals surface area contributed by atoms with Crippen molar-refractivity contribution in [2.24, 2.45) is 0 Å². The Hall–Kier alpha value is -2.52. The van der Waals surface area contributed by atoms with Crippen LogP contribution in [0.3, 0.4) is 0 Å². The predicted molar refractivity (Wildman–Crippen MR) is 125 cm³/mol. The maximum Gasteiger partial charge on any atom is 0.143 e. The lowest BCUT2D eigenvalue weighted by molar-refractivity contribution is 0.654. The summed E-state index contributed by atoms with van der Waals surface area (Å²) in [4.78, 5) is 0. The number of hydrogen-bond donors (Lipinski definition) is 0. The highest BCUT2D eigenvalue weighted by molar-refractivity contribution is 9.10. The number of halogens is 1. The molecule has 0 unspecified atom stereocenters. The van der Waals surface area contributed by atoms with Crippen molar-refractivity contribution in [2.75, 3.05) is 0 Å². The average molecular weight is 425 g/mol. The van der Waals surface area contributed by atoms with Gasteiger partial charge in [0.2, 0.25) is 0 Å². The van der Waals surface area contributed by atoms with Crippen LogP contribution in [0.5, 0.6) is 0 Å². The van der Waals surface area contributed by atoms with Crippen molar-refractivity contribution in [1.29, 1.82) is 0 Å². The van der Waals surface area contributed by atoms with E-state index >= 15 is 0 Å². The summed E-state index contributed by atoms with van der Waals surface area (Å²) < 4.78 is 7.65. The minimum atomic E-state index is -0.0743. The normalized spacial score (nSPS) is 14.7. The summed E-state index contributed by atoms with van der Waals surface area (Å²) in [5.74, 6) is 0. The molecule has 0 bridgehead atoms. The Bertz CT molecular complexity index is 1460. The zero-order valence-electron chi connectivity index (χ0n) is 16.1. The largest absolute Gasteiger partial charge is 0.455 e. The molecule has 0 aliphatic heterocycles. The molecule has 0 spiro atoms. The Balaban J connectivity index is 1.90. The van der Waals surface area contributed by atoms with Gasteiger partial charge >= 0.3 is 0 Å². The van der Waals surface area contributed by atoms with E-state index in [9.17, 15) is 0 Å². The molecule has 134 valence electrons. The summed E-state index contributed by atoms with van der Waals surface area (Å²) in [7, 11) is 2.21. The second kappa shape index (κ2) is 5.30. The van der Waals surface area contributed by atoms with Crippen molar-refractivity contribution in [1.82, 2.24) is 0 Å². The fraction of sp³-hybridized carbons (Fsp3) is 0.120. The Kier molecular flexibility index (Phi) is 3.11. The molecule has 0 radical (unpaired) electrons. The van der Waals surface area contributed by atoms with Gasteiger partial charge in [-0.2, -0.15) is 0 Å². The lowest BCUT2D eigenvalue weighted by Gasteiger charge is -2.22. The van der Waals surface area contributed by atoms with E-state index in [1.165, 1.54) is 49.3 Å². The van der Waals surface area contributed by atoms with Crippen LogP contribution in [0.25, 0.3) is 43.8 Å². The molecule has 1 aliphatic rings. The highest BCUT2D eigenvalue weighted by atomic mass is 79.9. The van der Waals surface area contributed by atoms with Crippen molar-refractivity contribution in [3.8, 4) is 11.1 Å². The van der Waals surface area contributed by atoms with Crippen LogP contribution in [-0.4, -0.2) is 7.85 Å². The first-order valence-electron chi connectivity index (χ1n) is 9.66. The molecule has 3 heteroatoms. The number of hydrogen-bond acceptors (Lipinski definition) is 1. The van der Waals surface area contributed by atoms with Crippen molar-refractivity contribution in [3.63, 3.8) is 0 Å². The van der Waals surface area contributed by atoms with Gasteiger partial charge in [-0.05, 0) is 39.6 Å². The Morgan fingerprint density at radius 3 is 2.25 bits per heavy atom. The zero-order chi connectivity index (χ0) is 19.2. The Morgan fingerprint density at radius 1 is 0.821 bits per heavy atom. The fourth-order valence-corrected chi connectivity index (χ4v) is 5.65. The summed E-state index contributed by atoms with van der Waals surface area (Å²) in [5, 5.41) is 4.97. The summed E-state index contributed by atoms with van der Waals surface area (Å²) in [5.41, 5.74) is 8.49. The molecule has 0 amide bonds. The Labute approximate surface area is 172 Å². The predicted octanol–water partition coefficient (Wildman–Crippen LogP) is 6.07. The second-order valence-electron chi connectivity index (χ2n) is 8.37. The number of benzene rings is 4. The first-order chi connectivity index (χ1) is 13.5. The molecule has 1 heterocycles. The molecule has 0 saturated carbocycles. The van der Waals surface area contributed by atoms with E-state index in [0.29, 0.717) is 0 Å². The zero-order valence-corrected chi connectivity index (χ0v) is 17.6. The van der Waals surface area contributed by atoms with Crippen LogP contribution in [0, 0.1) is 0 Å². The first kappa shape index (κ1) is 16.4. The van der Waals surface area contributed by atoms with Gasteiger partial charge < -0.3 is 4.42 Å². The molecule has 6 rings (SSSR count). The summed E-state index contributed by atoms with van der Waals surface area (Å²) in [6.45, 7) is 4.65. The molecule has 0 saturated heterocycles. The number of furan rings is 1. The van der Waals surface area contributed by atoms with E-state index in [0.717, 1.165) is 15.6 Å². The number of fused-ring (bicyclic) bond motifs is 9. The van der Waals surface area contributed by atoms with Crippen molar-refractivity contribution < 1.29 is 4.42 Å². The number of rotatable bonds is 0. The summed E-state index contributed by atoms with van der Waals surface area (Å²) in [6.07, 6.45) is 0. The van der Waals surface area contributed by atoms with Gasteiger partial charge in [-0.25, -0.2) is 0 Å². The van der Waals surface area contributed by atoms with Crippen molar-refractivity contribution in [3.05, 3.63) is 76.3 Å². The smallest absolute Gasteiger partial charge is 0.143 e. The second-order valence-corrected chi connectivity index (χ2v) is 9.22. The van der Waals surface area contributed by atoms with E-state index in [-0.39, 0.29) is 5.41 Å². The molecule has 0 atom stereocenters. The van der Waals surface area contributed by atoms with E-state index in [4.69, 9.17) is 4.42 Å². The average Bonchev–Trinajstić information content (AvgIpc) is 3.17. The molecular weight excluding hydrogens is 407 g/mol. The van der Waals surface area contributed by atoms with E-state index in [1.807, 2.05) is 6.07 Å². The fourth-order valence-electron chi connectivity index (χ4n) is 5.08. The topological polar surface area (TPSA) is 13.1 Å². The van der Waals surface area contributed by atoms with Crippen LogP contribution in [-0.2, 0) is 5.41 Å². The third-order valence-corrected chi connectivity index (χ3v) is 7.09. The number of para-hydroxylation sites is 1. The van der Waals surface area contributed by atoms with Crippen LogP contribution in [0.15, 0.2) is 69.6 Å². The lowest BCUT2D eigenvalue weighted by Crippen LogP contribution is -2.18. The van der Waals surface area contributed by atoms with Gasteiger partial charge in [0, 0.05) is 26.2 Å². The van der Waals surface area contributed by atoms with Gasteiger partial charge in [-0.1, -0.05) is 83.8 Å². The quantitative estimate of drug-likeness (QED) is 0.275. The minimum Gasteiger partial charge on any atom is -0.455 e. The Morgan fingerprint density at radius 2 is 1.46 bits per heavy atom. The molecule has 1 nitrogen and oxygen atoms in total. The third kappa shape index (κ3) is 1.88. The standard InChI is InChI=1S/C25H18BBrO/c1-25(2)16-11-18(26)22-15-9-5-6-10-20(15)28-24(22)23(16)21-14-8-4-3-7-13(14)19(27)12-17(21)25/h3-12H,26H2,1-2H3. The van der Waals surface area contributed by atoms with Crippen LogP contribution < -0.4 is 5.46 Å². The lowest BCUT2D eigenvalue weighted by atomic mass is 9.79. The molecular formula is C25H18BBrO. The van der Waals surface area contributed by atoms with Crippen molar-refractivity contribution >= 4 is 61.9 Å². The van der Waals surface area contributed by atoms with E-state index in [1.54, 1.807) is 0 Å². The maximum atomic E-state index is 6.49. The van der Waals surface area contributed by atoms with Gasteiger partial charge in [0.15, 0.2) is 0 Å². The van der Waals surface area contributed by atoms with Crippen LogP contribution in [0.1, 0.15) is 25.0 Å². The highest BCUT2D eigenvalue weighted by Gasteiger charge is 2.39. The molecule has 4 aromatic carbocycles. The van der Waals surface area contributed by atoms with E-state index in [2.05, 4.69) is 92.2 Å². The van der Waals surface area contributed by atoms with Crippen LogP contribution >= 0.6 is 15.9 Å². The molecule has 0 fully saturated rings. The molecule has 0 N–H and O–H groups in total. The van der Waals surface area contributed by atoms with Gasteiger partial charge in [-0.3, -0.25) is 0 Å². The summed E-state index contributed by atoms with van der Waals surface area (Å²) in [6, 6.07) is 21.7. The van der Waals surface area contributed by atoms with Gasteiger partial charge in [-0.15, -0.1) is 0 Å². The van der Waals surface area contributed by atoms with E-state index < -0.39 is 0 Å². The van der Waals surface area contributed by atoms with Crippen LogP contribution in [0.4, 0.5) is 0 Å². The highest BCUT2D eigenvalue weighted by Crippen LogP contribution is 2.55. The van der Waals surface area contributed by atoms with Gasteiger partial charge in [0.05, 0.1) is 0 Å². The van der Waals surface area contributed by atoms with Gasteiger partial charge in [0.1, 0.15) is 19.0 Å². The molecule has 28 heavy (non-hydrogen) atoms. The first-order valence-corrected chi connectivity index (χ1v) is 10.4. The molecule has 5 aromatic rings.